The summed E-state index contributed by atoms with van der Waals surface area (Å²) in [5.41, 5.74) is 4.13. The maximum atomic E-state index is 6.17. The standard InChI is InChI=1S/C21H23ClN4O2/c1-5-14-8-6-7-13(2)20(14)25-19-9-10-23-21(26-19)24-16-12-17(27-3)15(22)11-18(16)28-4/h6-12H,5H2,1-4H3,(H2,23,24,25,26). The second kappa shape index (κ2) is 8.80. The van der Waals surface area contributed by atoms with Crippen LogP contribution in [0.15, 0.2) is 42.6 Å². The molecule has 6 nitrogen and oxygen atoms in total. The van der Waals surface area contributed by atoms with Crippen molar-refractivity contribution < 1.29 is 9.47 Å². The third-order valence-electron chi connectivity index (χ3n) is 4.37. The van der Waals surface area contributed by atoms with E-state index < -0.39 is 0 Å². The molecule has 28 heavy (non-hydrogen) atoms. The molecule has 0 unspecified atom stereocenters. The summed E-state index contributed by atoms with van der Waals surface area (Å²) in [6.45, 7) is 4.21. The number of nitrogens with zero attached hydrogens (tertiary/aromatic N) is 2. The number of para-hydroxylation sites is 1. The average Bonchev–Trinajstić information content (AvgIpc) is 2.70. The zero-order valence-electron chi connectivity index (χ0n) is 16.3. The van der Waals surface area contributed by atoms with Gasteiger partial charge >= 0.3 is 0 Å². The molecule has 0 saturated carbocycles. The Labute approximate surface area is 169 Å². The molecule has 2 aromatic carbocycles. The number of ether oxygens (including phenoxy) is 2. The van der Waals surface area contributed by atoms with Gasteiger partial charge < -0.3 is 20.1 Å². The van der Waals surface area contributed by atoms with E-state index >= 15 is 0 Å². The van der Waals surface area contributed by atoms with E-state index in [0.29, 0.717) is 34.0 Å². The van der Waals surface area contributed by atoms with Gasteiger partial charge in [0, 0.05) is 24.0 Å². The predicted molar refractivity (Wildman–Crippen MR) is 114 cm³/mol. The van der Waals surface area contributed by atoms with Crippen LogP contribution >= 0.6 is 11.6 Å². The lowest BCUT2D eigenvalue weighted by Crippen LogP contribution is -2.04. The number of benzene rings is 2. The van der Waals surface area contributed by atoms with Gasteiger partial charge in [0.2, 0.25) is 5.95 Å². The molecule has 3 rings (SSSR count). The Morgan fingerprint density at radius 3 is 2.54 bits per heavy atom. The third-order valence-corrected chi connectivity index (χ3v) is 4.66. The smallest absolute Gasteiger partial charge is 0.229 e. The summed E-state index contributed by atoms with van der Waals surface area (Å²) >= 11 is 6.17. The van der Waals surface area contributed by atoms with Crippen LogP contribution in [0, 0.1) is 6.92 Å². The monoisotopic (exact) mass is 398 g/mol. The van der Waals surface area contributed by atoms with Gasteiger partial charge in [-0.1, -0.05) is 36.7 Å². The van der Waals surface area contributed by atoms with Crippen LogP contribution in [-0.4, -0.2) is 24.2 Å². The molecular weight excluding hydrogens is 376 g/mol. The van der Waals surface area contributed by atoms with E-state index in [2.05, 4.69) is 52.6 Å². The molecule has 1 aromatic heterocycles. The molecule has 0 aliphatic carbocycles. The topological polar surface area (TPSA) is 68.3 Å². The van der Waals surface area contributed by atoms with Gasteiger partial charge in [-0.3, -0.25) is 0 Å². The molecule has 0 fully saturated rings. The highest BCUT2D eigenvalue weighted by Gasteiger charge is 2.12. The van der Waals surface area contributed by atoms with E-state index in [4.69, 9.17) is 21.1 Å². The average molecular weight is 399 g/mol. The molecule has 0 atom stereocenters. The number of nitrogens with one attached hydrogen (secondary N) is 2. The normalized spacial score (nSPS) is 10.5. The first-order valence-electron chi connectivity index (χ1n) is 8.92. The van der Waals surface area contributed by atoms with E-state index in [1.165, 1.54) is 5.56 Å². The van der Waals surface area contributed by atoms with Crippen LogP contribution in [0.25, 0.3) is 0 Å². The molecule has 3 aromatic rings. The molecule has 0 saturated heterocycles. The maximum Gasteiger partial charge on any atom is 0.229 e. The van der Waals surface area contributed by atoms with E-state index in [0.717, 1.165) is 17.7 Å². The van der Waals surface area contributed by atoms with E-state index in [1.807, 2.05) is 6.07 Å². The molecular formula is C21H23ClN4O2. The molecule has 2 N–H and O–H groups in total. The molecule has 0 spiro atoms. The second-order valence-electron chi connectivity index (χ2n) is 6.17. The third kappa shape index (κ3) is 4.28. The predicted octanol–water partition coefficient (Wildman–Crippen LogP) is 5.51. The van der Waals surface area contributed by atoms with Crippen molar-refractivity contribution in [2.75, 3.05) is 24.9 Å². The molecule has 0 radical (unpaired) electrons. The number of rotatable bonds is 7. The first kappa shape index (κ1) is 19.8. The van der Waals surface area contributed by atoms with Crippen LogP contribution in [0.3, 0.4) is 0 Å². The van der Waals surface area contributed by atoms with Crippen molar-refractivity contribution in [1.29, 1.82) is 0 Å². The van der Waals surface area contributed by atoms with Crippen molar-refractivity contribution in [1.82, 2.24) is 9.97 Å². The van der Waals surface area contributed by atoms with Gasteiger partial charge in [-0.05, 0) is 30.5 Å². The number of halogens is 1. The molecule has 146 valence electrons. The van der Waals surface area contributed by atoms with Gasteiger partial charge in [0.05, 0.1) is 24.9 Å². The van der Waals surface area contributed by atoms with Crippen molar-refractivity contribution >= 4 is 34.7 Å². The Balaban J connectivity index is 1.89. The van der Waals surface area contributed by atoms with Crippen LogP contribution in [0.1, 0.15) is 18.1 Å². The van der Waals surface area contributed by atoms with E-state index in [1.54, 1.807) is 32.5 Å². The van der Waals surface area contributed by atoms with Gasteiger partial charge in [0.25, 0.3) is 0 Å². The van der Waals surface area contributed by atoms with Gasteiger partial charge in [-0.2, -0.15) is 4.98 Å². The maximum absolute atomic E-state index is 6.17. The molecule has 0 amide bonds. The minimum Gasteiger partial charge on any atom is -0.495 e. The number of hydrogen-bond acceptors (Lipinski definition) is 6. The molecule has 0 aliphatic rings. The number of anilines is 4. The Kier molecular flexibility index (Phi) is 6.21. The summed E-state index contributed by atoms with van der Waals surface area (Å²) < 4.78 is 10.7. The highest BCUT2D eigenvalue weighted by molar-refractivity contribution is 6.32. The minimum atomic E-state index is 0.430. The summed E-state index contributed by atoms with van der Waals surface area (Å²) in [7, 11) is 3.14. The second-order valence-corrected chi connectivity index (χ2v) is 6.57. The van der Waals surface area contributed by atoms with Crippen molar-refractivity contribution in [3.8, 4) is 11.5 Å². The Hall–Kier alpha value is -2.99. The molecule has 0 bridgehead atoms. The summed E-state index contributed by atoms with van der Waals surface area (Å²) in [5, 5.41) is 7.04. The SMILES string of the molecule is CCc1cccc(C)c1Nc1ccnc(Nc2cc(OC)c(Cl)cc2OC)n1. The van der Waals surface area contributed by atoms with Crippen LogP contribution in [-0.2, 0) is 6.42 Å². The molecule has 1 heterocycles. The number of aromatic nitrogens is 2. The van der Waals surface area contributed by atoms with Gasteiger partial charge in [0.1, 0.15) is 17.3 Å². The first-order chi connectivity index (χ1) is 13.5. The van der Waals surface area contributed by atoms with Crippen LogP contribution in [0.2, 0.25) is 5.02 Å². The molecule has 0 aliphatic heterocycles. The van der Waals surface area contributed by atoms with Gasteiger partial charge in [-0.25, -0.2) is 4.98 Å². The van der Waals surface area contributed by atoms with Crippen LogP contribution in [0.5, 0.6) is 11.5 Å². The van der Waals surface area contributed by atoms with Gasteiger partial charge in [0.15, 0.2) is 0 Å². The largest absolute Gasteiger partial charge is 0.495 e. The van der Waals surface area contributed by atoms with Crippen molar-refractivity contribution in [2.45, 2.75) is 20.3 Å². The zero-order chi connectivity index (χ0) is 20.1. The first-order valence-corrected chi connectivity index (χ1v) is 9.30. The highest BCUT2D eigenvalue weighted by atomic mass is 35.5. The number of aryl methyl sites for hydroxylation is 2. The zero-order valence-corrected chi connectivity index (χ0v) is 17.1. The van der Waals surface area contributed by atoms with E-state index in [-0.39, 0.29) is 0 Å². The lowest BCUT2D eigenvalue weighted by atomic mass is 10.1. The van der Waals surface area contributed by atoms with Crippen molar-refractivity contribution in [3.05, 3.63) is 58.7 Å². The minimum absolute atomic E-state index is 0.430. The van der Waals surface area contributed by atoms with E-state index in [9.17, 15) is 0 Å². The summed E-state index contributed by atoms with van der Waals surface area (Å²) in [6.07, 6.45) is 2.63. The Bertz CT molecular complexity index is 979. The Morgan fingerprint density at radius 2 is 1.82 bits per heavy atom. The summed E-state index contributed by atoms with van der Waals surface area (Å²) in [5.74, 6) is 2.23. The lowest BCUT2D eigenvalue weighted by molar-refractivity contribution is 0.405. The number of methoxy groups -OCH3 is 2. The van der Waals surface area contributed by atoms with Crippen LogP contribution in [0.4, 0.5) is 23.1 Å². The quantitative estimate of drug-likeness (QED) is 0.547. The molecule has 7 heteroatoms. The van der Waals surface area contributed by atoms with Crippen LogP contribution < -0.4 is 20.1 Å². The highest BCUT2D eigenvalue weighted by Crippen LogP contribution is 2.37. The Morgan fingerprint density at radius 1 is 1.04 bits per heavy atom. The lowest BCUT2D eigenvalue weighted by Gasteiger charge is -2.15. The fraction of sp³-hybridized carbons (Fsp3) is 0.238. The van der Waals surface area contributed by atoms with Gasteiger partial charge in [-0.15, -0.1) is 0 Å². The fourth-order valence-corrected chi connectivity index (χ4v) is 3.13. The van der Waals surface area contributed by atoms with Crippen molar-refractivity contribution in [2.24, 2.45) is 0 Å². The summed E-state index contributed by atoms with van der Waals surface area (Å²) in [6, 6.07) is 11.5. The fourth-order valence-electron chi connectivity index (χ4n) is 2.90. The van der Waals surface area contributed by atoms with Crippen molar-refractivity contribution in [3.63, 3.8) is 0 Å². The summed E-state index contributed by atoms with van der Waals surface area (Å²) in [4.78, 5) is 8.87. The number of hydrogen-bond donors (Lipinski definition) is 2.